The van der Waals surface area contributed by atoms with E-state index < -0.39 is 43.7 Å². The molecular weight excluding hydrogens is 180 g/mol. The Morgan fingerprint density at radius 1 is 1.08 bits per heavy atom. The first-order valence-corrected chi connectivity index (χ1v) is 3.81. The molecule has 0 spiro atoms. The van der Waals surface area contributed by atoms with Crippen LogP contribution in [0.1, 0.15) is 6.42 Å². The van der Waals surface area contributed by atoms with E-state index in [9.17, 15) is 4.79 Å². The van der Waals surface area contributed by atoms with Crippen molar-refractivity contribution >= 4 is 5.78 Å². The highest BCUT2D eigenvalue weighted by atomic mass is 16.4. The van der Waals surface area contributed by atoms with Crippen LogP contribution in [0.5, 0.6) is 0 Å². The molecule has 0 rings (SSSR count). The Labute approximate surface area is 75.1 Å². The van der Waals surface area contributed by atoms with Crippen LogP contribution in [0.15, 0.2) is 0 Å². The molecule has 6 nitrogen and oxygen atoms in total. The van der Waals surface area contributed by atoms with Crippen molar-refractivity contribution in [3.63, 3.8) is 0 Å². The van der Waals surface area contributed by atoms with Crippen molar-refractivity contribution in [2.24, 2.45) is 0 Å². The Morgan fingerprint density at radius 3 is 2.00 bits per heavy atom. The molecule has 0 bridgehead atoms. The zero-order valence-electron chi connectivity index (χ0n) is 7.00. The highest BCUT2D eigenvalue weighted by Crippen LogP contribution is 2.01. The zero-order chi connectivity index (χ0) is 10.4. The molecule has 0 saturated heterocycles. The minimum Gasteiger partial charge on any atom is -0.394 e. The van der Waals surface area contributed by atoms with Crippen molar-refractivity contribution in [1.82, 2.24) is 0 Å². The quantitative estimate of drug-likeness (QED) is 0.308. The first kappa shape index (κ1) is 12.5. The maximum absolute atomic E-state index is 10.9. The second kappa shape index (κ2) is 6.01. The standard InChI is InChI=1S/C7H14O6/c8-2-4(10)1-5(11)7(13)6(12)3-9/h4,6-10,12-13H,1-3H2. The number of carbonyl (C=O) groups excluding carboxylic acids is 1. The monoisotopic (exact) mass is 194 g/mol. The van der Waals surface area contributed by atoms with Crippen LogP contribution in [0.25, 0.3) is 0 Å². The van der Waals surface area contributed by atoms with Crippen LogP contribution < -0.4 is 0 Å². The van der Waals surface area contributed by atoms with Crippen LogP contribution >= 0.6 is 0 Å². The second-order valence-electron chi connectivity index (χ2n) is 2.70. The molecule has 0 saturated carbocycles. The normalized spacial score (nSPS) is 17.9. The zero-order valence-corrected chi connectivity index (χ0v) is 7.00. The van der Waals surface area contributed by atoms with Gasteiger partial charge in [0.15, 0.2) is 5.78 Å². The molecule has 13 heavy (non-hydrogen) atoms. The van der Waals surface area contributed by atoms with E-state index in [0.29, 0.717) is 0 Å². The van der Waals surface area contributed by atoms with Gasteiger partial charge >= 0.3 is 0 Å². The first-order chi connectivity index (χ1) is 6.02. The number of aliphatic hydroxyl groups excluding tert-OH is 5. The van der Waals surface area contributed by atoms with Gasteiger partial charge in [-0.05, 0) is 0 Å². The van der Waals surface area contributed by atoms with E-state index in [4.69, 9.17) is 25.5 Å². The summed E-state index contributed by atoms with van der Waals surface area (Å²) < 4.78 is 0. The highest BCUT2D eigenvalue weighted by Gasteiger charge is 2.24. The molecule has 0 amide bonds. The van der Waals surface area contributed by atoms with Crippen LogP contribution in [-0.2, 0) is 4.79 Å². The van der Waals surface area contributed by atoms with Crippen LogP contribution in [0.4, 0.5) is 0 Å². The number of Topliss-reactive ketones (excluding diaryl/α,β-unsaturated/α-hetero) is 1. The summed E-state index contributed by atoms with van der Waals surface area (Å²) >= 11 is 0. The average molecular weight is 194 g/mol. The lowest BCUT2D eigenvalue weighted by atomic mass is 10.0. The van der Waals surface area contributed by atoms with Gasteiger partial charge in [-0.25, -0.2) is 0 Å². The number of aliphatic hydroxyl groups is 5. The molecule has 0 aliphatic rings. The first-order valence-electron chi connectivity index (χ1n) is 3.81. The van der Waals surface area contributed by atoms with Crippen molar-refractivity contribution in [2.75, 3.05) is 13.2 Å². The van der Waals surface area contributed by atoms with Gasteiger partial charge in [-0.1, -0.05) is 0 Å². The predicted octanol–water partition coefficient (Wildman–Crippen LogP) is -2.99. The summed E-state index contributed by atoms with van der Waals surface area (Å²) in [4.78, 5) is 10.9. The molecule has 3 unspecified atom stereocenters. The van der Waals surface area contributed by atoms with Gasteiger partial charge in [0.25, 0.3) is 0 Å². The summed E-state index contributed by atoms with van der Waals surface area (Å²) in [6.45, 7) is -1.32. The molecule has 0 fully saturated rings. The third-order valence-corrected chi connectivity index (χ3v) is 1.53. The molecule has 3 atom stereocenters. The predicted molar refractivity (Wildman–Crippen MR) is 41.8 cm³/mol. The molecule has 0 aliphatic carbocycles. The number of carbonyl (C=O) groups is 1. The van der Waals surface area contributed by atoms with Gasteiger partial charge in [-0.2, -0.15) is 0 Å². The fourth-order valence-corrected chi connectivity index (χ4v) is 0.732. The topological polar surface area (TPSA) is 118 Å². The average Bonchev–Trinajstić information content (AvgIpc) is 2.14. The third kappa shape index (κ3) is 4.30. The van der Waals surface area contributed by atoms with E-state index in [1.807, 2.05) is 0 Å². The summed E-state index contributed by atoms with van der Waals surface area (Å²) in [5.74, 6) is -0.817. The number of rotatable bonds is 6. The van der Waals surface area contributed by atoms with Crippen molar-refractivity contribution in [1.29, 1.82) is 0 Å². The Bertz CT molecular complexity index is 159. The Hall–Kier alpha value is -0.530. The van der Waals surface area contributed by atoms with Crippen LogP contribution in [0.3, 0.4) is 0 Å². The Balaban J connectivity index is 3.96. The smallest absolute Gasteiger partial charge is 0.166 e. The molecule has 6 heteroatoms. The molecular formula is C7H14O6. The van der Waals surface area contributed by atoms with Crippen LogP contribution in [0, 0.1) is 0 Å². The van der Waals surface area contributed by atoms with E-state index in [0.717, 1.165) is 0 Å². The number of ketones is 1. The van der Waals surface area contributed by atoms with Gasteiger partial charge in [0.05, 0.1) is 19.3 Å². The minimum atomic E-state index is -1.72. The Morgan fingerprint density at radius 2 is 1.62 bits per heavy atom. The molecule has 0 aromatic rings. The maximum Gasteiger partial charge on any atom is 0.166 e. The summed E-state index contributed by atoms with van der Waals surface area (Å²) in [5, 5.41) is 43.3. The largest absolute Gasteiger partial charge is 0.394 e. The van der Waals surface area contributed by atoms with Crippen LogP contribution in [0.2, 0.25) is 0 Å². The molecule has 0 aliphatic heterocycles. The number of hydrogen-bond acceptors (Lipinski definition) is 6. The molecule has 78 valence electrons. The molecule has 0 aromatic carbocycles. The van der Waals surface area contributed by atoms with Crippen molar-refractivity contribution in [3.05, 3.63) is 0 Å². The van der Waals surface area contributed by atoms with Gasteiger partial charge < -0.3 is 25.5 Å². The molecule has 0 aromatic heterocycles. The van der Waals surface area contributed by atoms with Crippen LogP contribution in [-0.4, -0.2) is 62.8 Å². The van der Waals surface area contributed by atoms with Gasteiger partial charge in [-0.15, -0.1) is 0 Å². The van der Waals surface area contributed by atoms with Crippen molar-refractivity contribution in [3.8, 4) is 0 Å². The number of hydrogen-bond donors (Lipinski definition) is 5. The molecule has 5 N–H and O–H groups in total. The highest BCUT2D eigenvalue weighted by molar-refractivity contribution is 5.83. The summed E-state index contributed by atoms with van der Waals surface area (Å²) in [6, 6.07) is 0. The fraction of sp³-hybridized carbons (Fsp3) is 0.857. The summed E-state index contributed by atoms with van der Waals surface area (Å²) in [5.41, 5.74) is 0. The lowest BCUT2D eigenvalue weighted by molar-refractivity contribution is -0.137. The third-order valence-electron chi connectivity index (χ3n) is 1.53. The second-order valence-corrected chi connectivity index (χ2v) is 2.70. The van der Waals surface area contributed by atoms with E-state index in [-0.39, 0.29) is 0 Å². The maximum atomic E-state index is 10.9. The van der Waals surface area contributed by atoms with Crippen molar-refractivity contribution in [2.45, 2.75) is 24.7 Å². The van der Waals surface area contributed by atoms with E-state index >= 15 is 0 Å². The van der Waals surface area contributed by atoms with Gasteiger partial charge in [0.2, 0.25) is 0 Å². The van der Waals surface area contributed by atoms with Gasteiger partial charge in [0.1, 0.15) is 12.2 Å². The molecule has 0 heterocycles. The molecule has 0 radical (unpaired) electrons. The fourth-order valence-electron chi connectivity index (χ4n) is 0.732. The summed E-state index contributed by atoms with van der Waals surface area (Å²) in [7, 11) is 0. The van der Waals surface area contributed by atoms with Crippen molar-refractivity contribution < 1.29 is 30.3 Å². The van der Waals surface area contributed by atoms with E-state index in [2.05, 4.69) is 0 Å². The lowest BCUT2D eigenvalue weighted by Crippen LogP contribution is -2.38. The summed E-state index contributed by atoms with van der Waals surface area (Å²) in [6.07, 6.45) is -4.95. The van der Waals surface area contributed by atoms with Gasteiger partial charge in [-0.3, -0.25) is 4.79 Å². The van der Waals surface area contributed by atoms with E-state index in [1.54, 1.807) is 0 Å². The SMILES string of the molecule is O=C(CC(O)CO)C(O)C(O)CO. The lowest BCUT2D eigenvalue weighted by Gasteiger charge is -2.15. The Kier molecular flexibility index (Phi) is 5.76. The van der Waals surface area contributed by atoms with Gasteiger partial charge in [0, 0.05) is 6.42 Å². The van der Waals surface area contributed by atoms with E-state index in [1.165, 1.54) is 0 Å². The minimum absolute atomic E-state index is 0.450.